The van der Waals surface area contributed by atoms with Crippen molar-refractivity contribution >= 4 is 39.0 Å². The Morgan fingerprint density at radius 3 is 1.76 bits per heavy atom. The molecule has 0 amide bonds. The smallest absolute Gasteiger partial charge is 0.143 e. The molecule has 63 heavy (non-hydrogen) atoms. The largest absolute Gasteiger partial charge is 0.455 e. The van der Waals surface area contributed by atoms with E-state index in [2.05, 4.69) is 227 Å². The van der Waals surface area contributed by atoms with Gasteiger partial charge in [0.2, 0.25) is 0 Å². The maximum atomic E-state index is 6.48. The molecule has 1 atom stereocenters. The van der Waals surface area contributed by atoms with Crippen LogP contribution in [0.25, 0.3) is 77.6 Å². The summed E-state index contributed by atoms with van der Waals surface area (Å²) in [4.78, 5) is 2.43. The van der Waals surface area contributed by atoms with Gasteiger partial charge in [0.1, 0.15) is 11.2 Å². The lowest BCUT2D eigenvalue weighted by molar-refractivity contribution is 0.573. The van der Waals surface area contributed by atoms with Gasteiger partial charge in [-0.1, -0.05) is 185 Å². The van der Waals surface area contributed by atoms with Gasteiger partial charge in [0.15, 0.2) is 0 Å². The minimum atomic E-state index is -0.167. The Morgan fingerprint density at radius 2 is 1.00 bits per heavy atom. The van der Waals surface area contributed by atoms with Crippen molar-refractivity contribution in [3.05, 3.63) is 222 Å². The van der Waals surface area contributed by atoms with Crippen LogP contribution >= 0.6 is 0 Å². The first-order valence-corrected chi connectivity index (χ1v) is 22.3. The quantitative estimate of drug-likeness (QED) is 0.159. The Hall–Kier alpha value is -7.42. The number of fused-ring (bicyclic) bond motifs is 9. The van der Waals surface area contributed by atoms with Gasteiger partial charge in [0.25, 0.3) is 0 Å². The van der Waals surface area contributed by atoms with Crippen LogP contribution in [-0.2, 0) is 5.41 Å². The highest BCUT2D eigenvalue weighted by molar-refractivity contribution is 6.09. The molecule has 2 aliphatic carbocycles. The lowest BCUT2D eigenvalue weighted by atomic mass is 9.78. The van der Waals surface area contributed by atoms with Crippen molar-refractivity contribution in [3.63, 3.8) is 0 Å². The first-order chi connectivity index (χ1) is 30.8. The summed E-state index contributed by atoms with van der Waals surface area (Å²) in [6.07, 6.45) is 0. The maximum Gasteiger partial charge on any atom is 0.143 e. The lowest BCUT2D eigenvalue weighted by Crippen LogP contribution is -2.16. The Balaban J connectivity index is 0.991. The predicted molar refractivity (Wildman–Crippen MR) is 264 cm³/mol. The summed E-state index contributed by atoms with van der Waals surface area (Å²) in [7, 11) is 0. The van der Waals surface area contributed by atoms with Crippen molar-refractivity contribution in [1.82, 2.24) is 0 Å². The summed E-state index contributed by atoms with van der Waals surface area (Å²) in [5.41, 5.74) is 23.3. The SMILES string of the molecule is CC(C)C1c2ccccc2-c2ccc(N(c3ccc(-c4ccc(-c5ccccc5)c5c4C(C)(C)c4ccccc4-5)cc3)c3ccc(-c4cccc5c4oc4ccccc45)cc3)cc21. The van der Waals surface area contributed by atoms with Gasteiger partial charge in [-0.3, -0.25) is 0 Å². The summed E-state index contributed by atoms with van der Waals surface area (Å²) < 4.78 is 6.48. The molecule has 12 rings (SSSR count). The van der Waals surface area contributed by atoms with Gasteiger partial charge in [0, 0.05) is 44.7 Å². The van der Waals surface area contributed by atoms with E-state index in [1.807, 2.05) is 6.07 Å². The van der Waals surface area contributed by atoms with Crippen molar-refractivity contribution in [2.75, 3.05) is 4.90 Å². The van der Waals surface area contributed by atoms with E-state index in [1.54, 1.807) is 0 Å². The number of furan rings is 1. The average molecular weight is 810 g/mol. The van der Waals surface area contributed by atoms with Crippen LogP contribution in [0, 0.1) is 5.92 Å². The van der Waals surface area contributed by atoms with E-state index in [-0.39, 0.29) is 5.41 Å². The van der Waals surface area contributed by atoms with Crippen molar-refractivity contribution in [2.45, 2.75) is 39.0 Å². The normalized spacial score (nSPS) is 14.5. The molecule has 1 unspecified atom stereocenters. The number of rotatable bonds is 7. The molecular weight excluding hydrogens is 763 g/mol. The molecule has 0 bridgehead atoms. The predicted octanol–water partition coefficient (Wildman–Crippen LogP) is 17.1. The van der Waals surface area contributed by atoms with E-state index in [0.717, 1.165) is 50.1 Å². The standard InChI is InChI=1S/C61H47NO/c1-38(2)57-51-19-9-8-17-48(51)49-34-33-44(37-54(49)57)62(43-31-27-41(28-32-43)47-21-14-22-52-50-18-11-13-24-56(50)63-60(47)52)42-29-25-40(26-30-42)46-36-35-45(39-15-6-5-7-16-39)58-53-20-10-12-23-55(53)61(3,4)59(46)58/h5-38,57H,1-4H3. The minimum Gasteiger partial charge on any atom is -0.455 e. The Bertz CT molecular complexity index is 3390. The van der Waals surface area contributed by atoms with Crippen molar-refractivity contribution in [2.24, 2.45) is 5.92 Å². The average Bonchev–Trinajstić information content (AvgIpc) is 3.95. The number of benzene rings is 9. The Kier molecular flexibility index (Phi) is 8.49. The molecule has 0 fully saturated rings. The molecule has 0 radical (unpaired) electrons. The monoisotopic (exact) mass is 809 g/mol. The second-order valence-corrected chi connectivity index (χ2v) is 18.2. The van der Waals surface area contributed by atoms with Crippen LogP contribution in [-0.4, -0.2) is 0 Å². The zero-order chi connectivity index (χ0) is 42.4. The molecule has 2 aliphatic rings. The van der Waals surface area contributed by atoms with E-state index >= 15 is 0 Å². The summed E-state index contributed by atoms with van der Waals surface area (Å²) in [5.74, 6) is 0.793. The number of hydrogen-bond acceptors (Lipinski definition) is 2. The highest BCUT2D eigenvalue weighted by atomic mass is 16.3. The van der Waals surface area contributed by atoms with E-state index in [0.29, 0.717) is 11.8 Å². The van der Waals surface area contributed by atoms with Gasteiger partial charge in [-0.2, -0.15) is 0 Å². The van der Waals surface area contributed by atoms with Crippen LogP contribution in [0.15, 0.2) is 205 Å². The third-order valence-corrected chi connectivity index (χ3v) is 13.9. The number of para-hydroxylation sites is 2. The van der Waals surface area contributed by atoms with Gasteiger partial charge < -0.3 is 9.32 Å². The number of nitrogens with zero attached hydrogens (tertiary/aromatic N) is 1. The van der Waals surface area contributed by atoms with Crippen molar-refractivity contribution < 1.29 is 4.42 Å². The van der Waals surface area contributed by atoms with Crippen LogP contribution in [0.3, 0.4) is 0 Å². The molecule has 1 heterocycles. The first-order valence-electron chi connectivity index (χ1n) is 22.3. The van der Waals surface area contributed by atoms with Crippen LogP contribution in [0.1, 0.15) is 55.9 Å². The van der Waals surface area contributed by atoms with Crippen molar-refractivity contribution in [1.29, 1.82) is 0 Å². The van der Waals surface area contributed by atoms with Gasteiger partial charge >= 0.3 is 0 Å². The third-order valence-electron chi connectivity index (χ3n) is 13.9. The fourth-order valence-corrected chi connectivity index (χ4v) is 11.1. The van der Waals surface area contributed by atoms with Gasteiger partial charge in [-0.25, -0.2) is 0 Å². The topological polar surface area (TPSA) is 16.4 Å². The highest BCUT2D eigenvalue weighted by Gasteiger charge is 2.39. The molecule has 0 saturated heterocycles. The summed E-state index contributed by atoms with van der Waals surface area (Å²) in [5, 5.41) is 2.28. The number of hydrogen-bond donors (Lipinski definition) is 0. The van der Waals surface area contributed by atoms with Gasteiger partial charge in [0.05, 0.1) is 0 Å². The second kappa shape index (κ2) is 14.3. The molecule has 2 nitrogen and oxygen atoms in total. The molecule has 9 aromatic carbocycles. The summed E-state index contributed by atoms with van der Waals surface area (Å²) >= 11 is 0. The molecule has 10 aromatic rings. The van der Waals surface area contributed by atoms with E-state index in [9.17, 15) is 0 Å². The van der Waals surface area contributed by atoms with Crippen LogP contribution in [0.4, 0.5) is 17.1 Å². The molecule has 0 spiro atoms. The lowest BCUT2D eigenvalue weighted by Gasteiger charge is -2.28. The van der Waals surface area contributed by atoms with E-state index < -0.39 is 0 Å². The molecule has 1 aromatic heterocycles. The second-order valence-electron chi connectivity index (χ2n) is 18.2. The molecule has 0 N–H and O–H groups in total. The molecule has 0 aliphatic heterocycles. The fraction of sp³-hybridized carbons (Fsp3) is 0.115. The first kappa shape index (κ1) is 37.4. The van der Waals surface area contributed by atoms with Gasteiger partial charge in [-0.05, 0) is 121 Å². The zero-order valence-corrected chi connectivity index (χ0v) is 36.1. The molecule has 2 heteroatoms. The zero-order valence-electron chi connectivity index (χ0n) is 36.1. The highest BCUT2D eigenvalue weighted by Crippen LogP contribution is 2.56. The van der Waals surface area contributed by atoms with Crippen molar-refractivity contribution in [3.8, 4) is 55.6 Å². The maximum absolute atomic E-state index is 6.48. The van der Waals surface area contributed by atoms with E-state index in [4.69, 9.17) is 4.42 Å². The fourth-order valence-electron chi connectivity index (χ4n) is 11.1. The third kappa shape index (κ3) is 5.78. The van der Waals surface area contributed by atoms with Gasteiger partial charge in [-0.15, -0.1) is 0 Å². The summed E-state index contributed by atoms with van der Waals surface area (Å²) in [6.45, 7) is 9.48. The Morgan fingerprint density at radius 1 is 0.444 bits per heavy atom. The number of anilines is 3. The van der Waals surface area contributed by atoms with Crippen LogP contribution < -0.4 is 4.90 Å². The molecular formula is C61H47NO. The minimum absolute atomic E-state index is 0.167. The van der Waals surface area contributed by atoms with Crippen LogP contribution in [0.2, 0.25) is 0 Å². The Labute approximate surface area is 369 Å². The van der Waals surface area contributed by atoms with E-state index in [1.165, 1.54) is 66.8 Å². The van der Waals surface area contributed by atoms with Crippen LogP contribution in [0.5, 0.6) is 0 Å². The molecule has 0 saturated carbocycles. The summed E-state index contributed by atoms with van der Waals surface area (Å²) in [6, 6.07) is 73.7. The molecule has 302 valence electrons.